The normalized spacial score (nSPS) is 11.6. The van der Waals surface area contributed by atoms with E-state index in [1.54, 1.807) is 24.3 Å². The van der Waals surface area contributed by atoms with Gasteiger partial charge in [-0.1, -0.05) is 24.3 Å². The van der Waals surface area contributed by atoms with E-state index in [0.717, 1.165) is 22.3 Å². The molecule has 2 heteroatoms. The van der Waals surface area contributed by atoms with Crippen molar-refractivity contribution in [3.8, 4) is 11.5 Å². The third-order valence-corrected chi connectivity index (χ3v) is 2.95. The molecule has 0 heterocycles. The van der Waals surface area contributed by atoms with Crippen LogP contribution in [0.2, 0.25) is 0 Å². The van der Waals surface area contributed by atoms with E-state index in [-0.39, 0.29) is 11.5 Å². The minimum atomic E-state index is 0.271. The van der Waals surface area contributed by atoms with Crippen molar-refractivity contribution in [1.29, 1.82) is 0 Å². The van der Waals surface area contributed by atoms with Crippen LogP contribution in [0.5, 0.6) is 11.5 Å². The maximum absolute atomic E-state index is 9.37. The zero-order valence-electron chi connectivity index (χ0n) is 10.5. The van der Waals surface area contributed by atoms with Crippen LogP contribution in [0.25, 0.3) is 11.6 Å². The Morgan fingerprint density at radius 2 is 1.56 bits per heavy atom. The highest BCUT2D eigenvalue weighted by Gasteiger charge is 2.00. The molecule has 0 atom stereocenters. The van der Waals surface area contributed by atoms with Crippen molar-refractivity contribution < 1.29 is 10.2 Å². The second-order valence-electron chi connectivity index (χ2n) is 4.42. The van der Waals surface area contributed by atoms with E-state index in [0.29, 0.717) is 0 Å². The van der Waals surface area contributed by atoms with E-state index in [9.17, 15) is 10.2 Å². The van der Waals surface area contributed by atoms with E-state index >= 15 is 0 Å². The van der Waals surface area contributed by atoms with Gasteiger partial charge in [-0.3, -0.25) is 0 Å². The molecule has 2 aromatic carbocycles. The van der Waals surface area contributed by atoms with Gasteiger partial charge < -0.3 is 10.2 Å². The van der Waals surface area contributed by atoms with E-state index in [1.807, 2.05) is 32.0 Å². The summed E-state index contributed by atoms with van der Waals surface area (Å²) in [5.41, 5.74) is 4.30. The predicted molar refractivity (Wildman–Crippen MR) is 74.5 cm³/mol. The lowest BCUT2D eigenvalue weighted by molar-refractivity contribution is 0.474. The van der Waals surface area contributed by atoms with Crippen molar-refractivity contribution in [2.24, 2.45) is 0 Å². The van der Waals surface area contributed by atoms with E-state index in [2.05, 4.69) is 6.08 Å². The molecule has 0 unspecified atom stereocenters. The fraction of sp³-hybridized carbons (Fsp3) is 0.125. The van der Waals surface area contributed by atoms with Crippen LogP contribution in [0.4, 0.5) is 0 Å². The third-order valence-electron chi connectivity index (χ3n) is 2.95. The molecule has 0 aliphatic rings. The number of rotatable bonds is 2. The average Bonchev–Trinajstić information content (AvgIpc) is 2.33. The molecule has 0 fully saturated rings. The molecule has 2 rings (SSSR count). The Balaban J connectivity index is 2.35. The van der Waals surface area contributed by atoms with Crippen LogP contribution < -0.4 is 0 Å². The largest absolute Gasteiger partial charge is 0.508 e. The van der Waals surface area contributed by atoms with Gasteiger partial charge in [-0.15, -0.1) is 0 Å². The minimum absolute atomic E-state index is 0.271. The lowest BCUT2D eigenvalue weighted by Gasteiger charge is -2.05. The maximum atomic E-state index is 9.37. The second kappa shape index (κ2) is 4.96. The van der Waals surface area contributed by atoms with E-state index in [1.165, 1.54) is 0 Å². The van der Waals surface area contributed by atoms with Gasteiger partial charge >= 0.3 is 0 Å². The van der Waals surface area contributed by atoms with Crippen molar-refractivity contribution in [1.82, 2.24) is 0 Å². The van der Waals surface area contributed by atoms with Gasteiger partial charge in [0.05, 0.1) is 0 Å². The topological polar surface area (TPSA) is 40.5 Å². The summed E-state index contributed by atoms with van der Waals surface area (Å²) in [6, 6.07) is 12.5. The van der Waals surface area contributed by atoms with Crippen LogP contribution in [-0.4, -0.2) is 10.2 Å². The molecule has 2 aromatic rings. The summed E-state index contributed by atoms with van der Waals surface area (Å²) in [6.45, 7) is 3.99. The number of aromatic hydroxyl groups is 2. The first kappa shape index (κ1) is 12.2. The number of benzene rings is 2. The van der Waals surface area contributed by atoms with E-state index in [4.69, 9.17) is 0 Å². The first-order valence-corrected chi connectivity index (χ1v) is 5.83. The first-order chi connectivity index (χ1) is 8.56. The van der Waals surface area contributed by atoms with Crippen molar-refractivity contribution >= 4 is 11.6 Å². The van der Waals surface area contributed by atoms with Crippen LogP contribution >= 0.6 is 0 Å². The van der Waals surface area contributed by atoms with Crippen LogP contribution in [0, 0.1) is 6.92 Å². The van der Waals surface area contributed by atoms with Crippen LogP contribution in [0.1, 0.15) is 23.6 Å². The van der Waals surface area contributed by atoms with Crippen LogP contribution in [0.15, 0.2) is 42.5 Å². The van der Waals surface area contributed by atoms with Gasteiger partial charge in [-0.25, -0.2) is 0 Å². The summed E-state index contributed by atoms with van der Waals surface area (Å²) < 4.78 is 0. The SMILES string of the molecule is C/C(=C/c1ccc(O)cc1C)c1ccc(O)cc1. The number of hydrogen-bond acceptors (Lipinski definition) is 2. The molecule has 0 spiro atoms. The summed E-state index contributed by atoms with van der Waals surface area (Å²) in [5, 5.41) is 18.6. The average molecular weight is 240 g/mol. The lowest BCUT2D eigenvalue weighted by Crippen LogP contribution is -1.83. The van der Waals surface area contributed by atoms with Gasteiger partial charge in [-0.2, -0.15) is 0 Å². The number of hydrogen-bond donors (Lipinski definition) is 2. The molecule has 0 saturated carbocycles. The number of phenols is 2. The van der Waals surface area contributed by atoms with Crippen molar-refractivity contribution in [3.05, 3.63) is 59.2 Å². The summed E-state index contributed by atoms with van der Waals surface area (Å²) >= 11 is 0. The summed E-state index contributed by atoms with van der Waals surface area (Å²) in [5.74, 6) is 0.555. The molecule has 0 aromatic heterocycles. The maximum Gasteiger partial charge on any atom is 0.115 e. The molecule has 0 aliphatic heterocycles. The van der Waals surface area contributed by atoms with Gasteiger partial charge in [0.15, 0.2) is 0 Å². The Morgan fingerprint density at radius 1 is 0.944 bits per heavy atom. The quantitative estimate of drug-likeness (QED) is 0.780. The zero-order chi connectivity index (χ0) is 13.1. The Morgan fingerprint density at radius 3 is 2.17 bits per heavy atom. The Bertz CT molecular complexity index is 581. The van der Waals surface area contributed by atoms with Gasteiger partial charge in [0, 0.05) is 0 Å². The molecule has 0 saturated heterocycles. The van der Waals surface area contributed by atoms with Crippen molar-refractivity contribution in [2.45, 2.75) is 13.8 Å². The monoisotopic (exact) mass is 240 g/mol. The molecule has 2 N–H and O–H groups in total. The Hall–Kier alpha value is -2.22. The third kappa shape index (κ3) is 2.72. The van der Waals surface area contributed by atoms with Crippen LogP contribution in [0.3, 0.4) is 0 Å². The highest BCUT2D eigenvalue weighted by molar-refractivity contribution is 5.81. The van der Waals surface area contributed by atoms with E-state index < -0.39 is 0 Å². The smallest absolute Gasteiger partial charge is 0.115 e. The molecule has 0 aliphatic carbocycles. The Kier molecular flexibility index (Phi) is 3.38. The van der Waals surface area contributed by atoms with Crippen LogP contribution in [-0.2, 0) is 0 Å². The molecule has 2 nitrogen and oxygen atoms in total. The molecule has 18 heavy (non-hydrogen) atoms. The number of allylic oxidation sites excluding steroid dienone is 1. The minimum Gasteiger partial charge on any atom is -0.508 e. The number of aryl methyl sites for hydroxylation is 1. The highest BCUT2D eigenvalue weighted by atomic mass is 16.3. The zero-order valence-corrected chi connectivity index (χ0v) is 10.5. The predicted octanol–water partition coefficient (Wildman–Crippen LogP) is 3.97. The molecule has 0 bridgehead atoms. The Labute approximate surface area is 107 Å². The molecule has 0 radical (unpaired) electrons. The molecule has 92 valence electrons. The summed E-state index contributed by atoms with van der Waals surface area (Å²) in [4.78, 5) is 0. The standard InChI is InChI=1S/C16H16O2/c1-11(13-3-6-15(17)7-4-13)9-14-5-8-16(18)10-12(14)2/h3-10,17-18H,1-2H3/b11-9-. The van der Waals surface area contributed by atoms with Gasteiger partial charge in [0.25, 0.3) is 0 Å². The van der Waals surface area contributed by atoms with Crippen molar-refractivity contribution in [2.75, 3.05) is 0 Å². The molecular weight excluding hydrogens is 224 g/mol. The summed E-state index contributed by atoms with van der Waals surface area (Å²) in [7, 11) is 0. The first-order valence-electron chi connectivity index (χ1n) is 5.83. The fourth-order valence-corrected chi connectivity index (χ4v) is 1.86. The van der Waals surface area contributed by atoms with Gasteiger partial charge in [-0.05, 0) is 60.4 Å². The second-order valence-corrected chi connectivity index (χ2v) is 4.42. The fourth-order valence-electron chi connectivity index (χ4n) is 1.86. The van der Waals surface area contributed by atoms with Crippen molar-refractivity contribution in [3.63, 3.8) is 0 Å². The lowest BCUT2D eigenvalue weighted by atomic mass is 10.0. The highest BCUT2D eigenvalue weighted by Crippen LogP contribution is 2.23. The van der Waals surface area contributed by atoms with Gasteiger partial charge in [0.1, 0.15) is 11.5 Å². The molecular formula is C16H16O2. The molecule has 0 amide bonds. The summed E-state index contributed by atoms with van der Waals surface area (Å²) in [6.07, 6.45) is 2.07. The number of phenolic OH excluding ortho intramolecular Hbond substituents is 2. The van der Waals surface area contributed by atoms with Gasteiger partial charge in [0.2, 0.25) is 0 Å².